The molecule has 0 aliphatic carbocycles. The van der Waals surface area contributed by atoms with Crippen LogP contribution in [0.4, 0.5) is 0 Å². The van der Waals surface area contributed by atoms with Gasteiger partial charge < -0.3 is 4.74 Å². The maximum atomic E-state index is 13.2. The molecule has 0 atom stereocenters. The second kappa shape index (κ2) is 8.73. The Balaban J connectivity index is 1.67. The number of hydrogen-bond donors (Lipinski definition) is 1. The van der Waals surface area contributed by atoms with Crippen molar-refractivity contribution in [2.45, 2.75) is 20.8 Å². The van der Waals surface area contributed by atoms with E-state index in [1.807, 2.05) is 37.3 Å². The molecule has 0 spiro atoms. The van der Waals surface area contributed by atoms with Crippen LogP contribution in [-0.4, -0.2) is 22.2 Å². The number of benzene rings is 2. The largest absolute Gasteiger partial charge is 0.493 e. The number of fused-ring (bicyclic) bond motifs is 1. The summed E-state index contributed by atoms with van der Waals surface area (Å²) in [4.78, 5) is 32.1. The Morgan fingerprint density at radius 3 is 2.68 bits per heavy atom. The minimum atomic E-state index is -0.411. The van der Waals surface area contributed by atoms with Gasteiger partial charge in [-0.1, -0.05) is 50.2 Å². The molecule has 0 fully saturated rings. The molecule has 0 aliphatic heterocycles. The zero-order chi connectivity index (χ0) is 22.0. The number of aryl methyl sites for hydroxylation is 1. The van der Waals surface area contributed by atoms with Crippen molar-refractivity contribution in [1.29, 1.82) is 0 Å². The third-order valence-electron chi connectivity index (χ3n) is 4.75. The first kappa shape index (κ1) is 20.8. The molecular formula is C24H23N3O3S. The van der Waals surface area contributed by atoms with E-state index >= 15 is 0 Å². The molecule has 6 nitrogen and oxygen atoms in total. The molecule has 2 aromatic heterocycles. The lowest BCUT2D eigenvalue weighted by atomic mass is 10.0. The van der Waals surface area contributed by atoms with Crippen LogP contribution in [0.1, 0.15) is 29.1 Å². The Hall–Kier alpha value is -3.45. The van der Waals surface area contributed by atoms with Crippen molar-refractivity contribution >= 4 is 27.5 Å². The summed E-state index contributed by atoms with van der Waals surface area (Å²) in [6.07, 6.45) is 1.35. The van der Waals surface area contributed by atoms with Gasteiger partial charge >= 0.3 is 0 Å². The SMILES string of the molecule is Cc1sc2ncn(NC(=O)c3cccc(OCC(C)C)c3)c(=O)c2c1-c1ccccc1. The average molecular weight is 434 g/mol. The van der Waals surface area contributed by atoms with Crippen LogP contribution in [0, 0.1) is 12.8 Å². The standard InChI is InChI=1S/C24H23N3O3S/c1-15(2)13-30-19-11-7-10-18(12-19)22(28)26-27-14-25-23-21(24(27)29)20(16(3)31-23)17-8-5-4-6-9-17/h4-12,14-15H,13H2,1-3H3,(H,26,28). The maximum absolute atomic E-state index is 13.2. The Kier molecular flexibility index (Phi) is 5.86. The number of thiophene rings is 1. The van der Waals surface area contributed by atoms with Crippen LogP contribution in [0.15, 0.2) is 65.7 Å². The first-order valence-corrected chi connectivity index (χ1v) is 10.9. The van der Waals surface area contributed by atoms with E-state index in [4.69, 9.17) is 4.74 Å². The monoisotopic (exact) mass is 433 g/mol. The molecule has 1 amide bonds. The van der Waals surface area contributed by atoms with E-state index in [9.17, 15) is 9.59 Å². The molecule has 2 aromatic carbocycles. The van der Waals surface area contributed by atoms with E-state index in [2.05, 4.69) is 24.3 Å². The minimum absolute atomic E-state index is 0.311. The fraction of sp³-hybridized carbons (Fsp3) is 0.208. The minimum Gasteiger partial charge on any atom is -0.493 e. The van der Waals surface area contributed by atoms with Crippen LogP contribution in [-0.2, 0) is 0 Å². The van der Waals surface area contributed by atoms with Gasteiger partial charge in [0.1, 0.15) is 16.9 Å². The summed E-state index contributed by atoms with van der Waals surface area (Å²) in [6, 6.07) is 16.6. The molecule has 2 heterocycles. The second-order valence-corrected chi connectivity index (χ2v) is 8.88. The van der Waals surface area contributed by atoms with Gasteiger partial charge in [-0.2, -0.15) is 0 Å². The van der Waals surface area contributed by atoms with Gasteiger partial charge in [0.15, 0.2) is 0 Å². The van der Waals surface area contributed by atoms with Gasteiger partial charge in [-0.25, -0.2) is 9.66 Å². The fourth-order valence-electron chi connectivity index (χ4n) is 3.30. The van der Waals surface area contributed by atoms with Crippen molar-refractivity contribution in [3.8, 4) is 16.9 Å². The molecule has 4 rings (SSSR count). The number of rotatable bonds is 6. The predicted octanol–water partition coefficient (Wildman–Crippen LogP) is 4.85. The summed E-state index contributed by atoms with van der Waals surface area (Å²) in [5.74, 6) is 0.579. The number of nitrogens with zero attached hydrogens (tertiary/aromatic N) is 2. The molecule has 4 aromatic rings. The summed E-state index contributed by atoms with van der Waals surface area (Å²) in [5.41, 5.74) is 4.54. The molecule has 0 saturated heterocycles. The lowest BCUT2D eigenvalue weighted by molar-refractivity contribution is 0.101. The van der Waals surface area contributed by atoms with Crippen LogP contribution in [0.2, 0.25) is 0 Å². The van der Waals surface area contributed by atoms with Crippen molar-refractivity contribution in [1.82, 2.24) is 9.66 Å². The van der Waals surface area contributed by atoms with Gasteiger partial charge in [0.25, 0.3) is 11.5 Å². The Morgan fingerprint density at radius 1 is 1.16 bits per heavy atom. The second-order valence-electron chi connectivity index (χ2n) is 7.67. The van der Waals surface area contributed by atoms with Crippen LogP contribution in [0.3, 0.4) is 0 Å². The highest BCUT2D eigenvalue weighted by Crippen LogP contribution is 2.35. The highest BCUT2D eigenvalue weighted by molar-refractivity contribution is 7.19. The van der Waals surface area contributed by atoms with Gasteiger partial charge in [0.2, 0.25) is 0 Å². The molecule has 158 valence electrons. The van der Waals surface area contributed by atoms with Crippen LogP contribution in [0.5, 0.6) is 5.75 Å². The third-order valence-corrected chi connectivity index (χ3v) is 5.77. The number of carbonyl (C=O) groups excluding carboxylic acids is 1. The van der Waals surface area contributed by atoms with Gasteiger partial charge in [0, 0.05) is 16.0 Å². The van der Waals surface area contributed by atoms with E-state index < -0.39 is 5.91 Å². The molecular weight excluding hydrogens is 410 g/mol. The zero-order valence-electron chi connectivity index (χ0n) is 17.6. The Labute approximate surface area is 184 Å². The summed E-state index contributed by atoms with van der Waals surface area (Å²) in [6.45, 7) is 6.65. The molecule has 1 N–H and O–H groups in total. The lowest BCUT2D eigenvalue weighted by Gasteiger charge is -2.11. The molecule has 0 aliphatic rings. The van der Waals surface area contributed by atoms with Crippen molar-refractivity contribution in [3.63, 3.8) is 0 Å². The number of nitrogens with one attached hydrogen (secondary N) is 1. The predicted molar refractivity (Wildman–Crippen MR) is 125 cm³/mol. The fourth-order valence-corrected chi connectivity index (χ4v) is 4.30. The van der Waals surface area contributed by atoms with Gasteiger partial charge in [0.05, 0.1) is 12.0 Å². The maximum Gasteiger partial charge on any atom is 0.281 e. The summed E-state index contributed by atoms with van der Waals surface area (Å²) < 4.78 is 6.84. The lowest BCUT2D eigenvalue weighted by Crippen LogP contribution is -2.33. The van der Waals surface area contributed by atoms with Crippen LogP contribution < -0.4 is 15.7 Å². The Morgan fingerprint density at radius 2 is 1.94 bits per heavy atom. The van der Waals surface area contributed by atoms with Crippen LogP contribution in [0.25, 0.3) is 21.3 Å². The first-order valence-electron chi connectivity index (χ1n) is 10.0. The van der Waals surface area contributed by atoms with E-state index in [0.29, 0.717) is 34.1 Å². The molecule has 0 bridgehead atoms. The van der Waals surface area contributed by atoms with Gasteiger partial charge in [-0.3, -0.25) is 15.0 Å². The van der Waals surface area contributed by atoms with Crippen molar-refractivity contribution in [2.24, 2.45) is 5.92 Å². The van der Waals surface area contributed by atoms with E-state index in [-0.39, 0.29) is 5.56 Å². The molecule has 7 heteroatoms. The third kappa shape index (κ3) is 4.36. The molecule has 0 unspecified atom stereocenters. The van der Waals surface area contributed by atoms with E-state index in [0.717, 1.165) is 20.7 Å². The topological polar surface area (TPSA) is 73.2 Å². The normalized spacial score (nSPS) is 11.1. The molecule has 31 heavy (non-hydrogen) atoms. The first-order chi connectivity index (χ1) is 14.9. The van der Waals surface area contributed by atoms with E-state index in [1.165, 1.54) is 17.7 Å². The quantitative estimate of drug-likeness (QED) is 0.472. The number of ether oxygens (including phenoxy) is 1. The molecule has 0 radical (unpaired) electrons. The highest BCUT2D eigenvalue weighted by atomic mass is 32.1. The number of aromatic nitrogens is 2. The van der Waals surface area contributed by atoms with Crippen LogP contribution >= 0.6 is 11.3 Å². The number of hydrogen-bond acceptors (Lipinski definition) is 5. The van der Waals surface area contributed by atoms with Gasteiger partial charge in [-0.15, -0.1) is 11.3 Å². The number of carbonyl (C=O) groups is 1. The number of amides is 1. The highest BCUT2D eigenvalue weighted by Gasteiger charge is 2.18. The zero-order valence-corrected chi connectivity index (χ0v) is 18.4. The summed E-state index contributed by atoms with van der Waals surface area (Å²) >= 11 is 1.47. The van der Waals surface area contributed by atoms with Crippen molar-refractivity contribution in [3.05, 3.63) is 81.7 Å². The van der Waals surface area contributed by atoms with E-state index in [1.54, 1.807) is 24.3 Å². The summed E-state index contributed by atoms with van der Waals surface area (Å²) in [7, 11) is 0. The Bertz CT molecular complexity index is 1290. The van der Waals surface area contributed by atoms with Crippen molar-refractivity contribution in [2.75, 3.05) is 12.0 Å². The average Bonchev–Trinajstić information content (AvgIpc) is 3.11. The molecule has 0 saturated carbocycles. The summed E-state index contributed by atoms with van der Waals surface area (Å²) in [5, 5.41) is 0.505. The van der Waals surface area contributed by atoms with Crippen molar-refractivity contribution < 1.29 is 9.53 Å². The van der Waals surface area contributed by atoms with Gasteiger partial charge in [-0.05, 0) is 36.6 Å². The smallest absolute Gasteiger partial charge is 0.281 e.